The quantitative estimate of drug-likeness (QED) is 0.712. The Balaban J connectivity index is 1.57. The van der Waals surface area contributed by atoms with Crippen LogP contribution in [0.15, 0.2) is 42.7 Å². The van der Waals surface area contributed by atoms with E-state index in [0.717, 1.165) is 22.0 Å². The second-order valence-electron chi connectivity index (χ2n) is 6.11. The Bertz CT molecular complexity index is 918. The maximum absolute atomic E-state index is 12.7. The number of alkyl halides is 3. The first-order valence-electron chi connectivity index (χ1n) is 7.98. The maximum atomic E-state index is 12.7. The second-order valence-corrected chi connectivity index (χ2v) is 6.11. The molecule has 0 saturated carbocycles. The highest BCUT2D eigenvalue weighted by Crippen LogP contribution is 2.28. The number of aromatic nitrogens is 3. The fourth-order valence-corrected chi connectivity index (χ4v) is 3.18. The van der Waals surface area contributed by atoms with E-state index in [0.29, 0.717) is 31.7 Å². The van der Waals surface area contributed by atoms with Gasteiger partial charge in [-0.05, 0) is 17.7 Å². The second kappa shape index (κ2) is 6.07. The molecule has 2 aromatic heterocycles. The Labute approximate surface area is 142 Å². The molecule has 4 rings (SSSR count). The van der Waals surface area contributed by atoms with Gasteiger partial charge in [-0.1, -0.05) is 18.2 Å². The highest BCUT2D eigenvalue weighted by atomic mass is 19.4. The molecule has 4 nitrogen and oxygen atoms in total. The molecule has 0 aliphatic carbocycles. The number of fused-ring (bicyclic) bond motifs is 2. The van der Waals surface area contributed by atoms with E-state index in [1.807, 2.05) is 30.3 Å². The molecule has 0 spiro atoms. The molecule has 1 aromatic carbocycles. The van der Waals surface area contributed by atoms with E-state index in [1.54, 1.807) is 6.20 Å². The standard InChI is InChI=1S/C18H15F3N4/c19-18(20,21)17-23-9-13-11-25(8-6-15(13)24-17)10-12-5-7-22-16-4-2-1-3-14(12)16/h1-5,7,9H,6,8,10-11H2. The summed E-state index contributed by atoms with van der Waals surface area (Å²) in [6, 6.07) is 9.92. The Morgan fingerprint density at radius 2 is 1.92 bits per heavy atom. The molecule has 128 valence electrons. The van der Waals surface area contributed by atoms with Gasteiger partial charge in [0.25, 0.3) is 0 Å². The molecule has 0 unspecified atom stereocenters. The number of halogens is 3. The van der Waals surface area contributed by atoms with Gasteiger partial charge < -0.3 is 0 Å². The number of pyridine rings is 1. The van der Waals surface area contributed by atoms with Gasteiger partial charge in [-0.3, -0.25) is 9.88 Å². The van der Waals surface area contributed by atoms with Gasteiger partial charge in [0.2, 0.25) is 5.82 Å². The van der Waals surface area contributed by atoms with Crippen molar-refractivity contribution in [3.63, 3.8) is 0 Å². The molecule has 3 heterocycles. The Kier molecular flexibility index (Phi) is 3.88. The predicted molar refractivity (Wildman–Crippen MR) is 86.6 cm³/mol. The molecule has 0 atom stereocenters. The number of nitrogens with zero attached hydrogens (tertiary/aromatic N) is 4. The first-order valence-corrected chi connectivity index (χ1v) is 7.98. The van der Waals surface area contributed by atoms with Crippen LogP contribution in [0.1, 0.15) is 22.6 Å². The summed E-state index contributed by atoms with van der Waals surface area (Å²) in [5, 5.41) is 1.10. The topological polar surface area (TPSA) is 41.9 Å². The number of para-hydroxylation sites is 1. The van der Waals surface area contributed by atoms with Gasteiger partial charge in [0.1, 0.15) is 0 Å². The number of hydrogen-bond donors (Lipinski definition) is 0. The zero-order valence-corrected chi connectivity index (χ0v) is 13.3. The lowest BCUT2D eigenvalue weighted by atomic mass is 10.0. The fraction of sp³-hybridized carbons (Fsp3) is 0.278. The third kappa shape index (κ3) is 3.19. The molecule has 0 N–H and O–H groups in total. The summed E-state index contributed by atoms with van der Waals surface area (Å²) in [6.07, 6.45) is -0.914. The minimum atomic E-state index is -4.50. The van der Waals surface area contributed by atoms with Crippen molar-refractivity contribution in [2.45, 2.75) is 25.7 Å². The molecule has 1 aliphatic rings. The first-order chi connectivity index (χ1) is 12.0. The Hall–Kier alpha value is -2.54. The summed E-state index contributed by atoms with van der Waals surface area (Å²) in [6.45, 7) is 1.92. The fourth-order valence-electron chi connectivity index (χ4n) is 3.18. The Morgan fingerprint density at radius 3 is 2.76 bits per heavy atom. The number of benzene rings is 1. The van der Waals surface area contributed by atoms with Crippen LogP contribution in [0.4, 0.5) is 13.2 Å². The number of rotatable bonds is 2. The molecule has 0 amide bonds. The van der Waals surface area contributed by atoms with E-state index in [4.69, 9.17) is 0 Å². The first kappa shape index (κ1) is 16.0. The molecule has 3 aromatic rings. The van der Waals surface area contributed by atoms with E-state index in [1.165, 1.54) is 6.20 Å². The van der Waals surface area contributed by atoms with E-state index in [-0.39, 0.29) is 0 Å². The van der Waals surface area contributed by atoms with Crippen molar-refractivity contribution in [2.24, 2.45) is 0 Å². The van der Waals surface area contributed by atoms with Crippen LogP contribution >= 0.6 is 0 Å². The van der Waals surface area contributed by atoms with Crippen LogP contribution in [0, 0.1) is 0 Å². The van der Waals surface area contributed by atoms with Crippen molar-refractivity contribution in [3.8, 4) is 0 Å². The van der Waals surface area contributed by atoms with Crippen molar-refractivity contribution in [1.82, 2.24) is 19.9 Å². The zero-order chi connectivity index (χ0) is 17.4. The lowest BCUT2D eigenvalue weighted by Gasteiger charge is -2.28. The third-order valence-electron chi connectivity index (χ3n) is 4.40. The summed E-state index contributed by atoms with van der Waals surface area (Å²) < 4.78 is 38.2. The summed E-state index contributed by atoms with van der Waals surface area (Å²) in [5.41, 5.74) is 3.35. The molecule has 25 heavy (non-hydrogen) atoms. The van der Waals surface area contributed by atoms with E-state index in [2.05, 4.69) is 19.9 Å². The van der Waals surface area contributed by atoms with Gasteiger partial charge in [0.15, 0.2) is 0 Å². The summed E-state index contributed by atoms with van der Waals surface area (Å²) in [4.78, 5) is 13.7. The van der Waals surface area contributed by atoms with Crippen LogP contribution in [0.5, 0.6) is 0 Å². The average Bonchev–Trinajstić information content (AvgIpc) is 2.61. The highest BCUT2D eigenvalue weighted by molar-refractivity contribution is 5.81. The molecular weight excluding hydrogens is 329 g/mol. The monoisotopic (exact) mass is 344 g/mol. The van der Waals surface area contributed by atoms with Gasteiger partial charge in [0.05, 0.1) is 11.2 Å². The van der Waals surface area contributed by atoms with E-state index >= 15 is 0 Å². The molecular formula is C18H15F3N4. The van der Waals surface area contributed by atoms with Gasteiger partial charge in [0, 0.05) is 49.4 Å². The van der Waals surface area contributed by atoms with Crippen LogP contribution in [-0.2, 0) is 25.7 Å². The van der Waals surface area contributed by atoms with Gasteiger partial charge in [-0.15, -0.1) is 0 Å². The van der Waals surface area contributed by atoms with Crippen molar-refractivity contribution < 1.29 is 13.2 Å². The average molecular weight is 344 g/mol. The minimum absolute atomic E-state index is 0.490. The van der Waals surface area contributed by atoms with Crippen molar-refractivity contribution in [1.29, 1.82) is 0 Å². The van der Waals surface area contributed by atoms with Crippen LogP contribution in [0.3, 0.4) is 0 Å². The summed E-state index contributed by atoms with van der Waals surface area (Å²) in [7, 11) is 0. The SMILES string of the molecule is FC(F)(F)c1ncc2c(n1)CCN(Cc1ccnc3ccccc13)C2. The smallest absolute Gasteiger partial charge is 0.294 e. The van der Waals surface area contributed by atoms with Crippen LogP contribution in [0.2, 0.25) is 0 Å². The largest absolute Gasteiger partial charge is 0.451 e. The van der Waals surface area contributed by atoms with Gasteiger partial charge >= 0.3 is 6.18 Å². The minimum Gasteiger partial charge on any atom is -0.294 e. The van der Waals surface area contributed by atoms with Gasteiger partial charge in [-0.2, -0.15) is 13.2 Å². The van der Waals surface area contributed by atoms with Crippen molar-refractivity contribution in [3.05, 3.63) is 65.4 Å². The summed E-state index contributed by atoms with van der Waals surface area (Å²) in [5.74, 6) is -1.06. The van der Waals surface area contributed by atoms with Crippen molar-refractivity contribution in [2.75, 3.05) is 6.54 Å². The van der Waals surface area contributed by atoms with Crippen LogP contribution in [-0.4, -0.2) is 26.4 Å². The summed E-state index contributed by atoms with van der Waals surface area (Å²) >= 11 is 0. The third-order valence-corrected chi connectivity index (χ3v) is 4.40. The normalized spacial score (nSPS) is 15.3. The molecule has 0 radical (unpaired) electrons. The van der Waals surface area contributed by atoms with Crippen LogP contribution in [0.25, 0.3) is 10.9 Å². The lowest BCUT2D eigenvalue weighted by Crippen LogP contribution is -2.31. The maximum Gasteiger partial charge on any atom is 0.451 e. The lowest BCUT2D eigenvalue weighted by molar-refractivity contribution is -0.145. The molecule has 0 saturated heterocycles. The zero-order valence-electron chi connectivity index (χ0n) is 13.3. The molecule has 0 bridgehead atoms. The van der Waals surface area contributed by atoms with E-state index in [9.17, 15) is 13.2 Å². The van der Waals surface area contributed by atoms with Gasteiger partial charge in [-0.25, -0.2) is 9.97 Å². The highest BCUT2D eigenvalue weighted by Gasteiger charge is 2.35. The van der Waals surface area contributed by atoms with Crippen LogP contribution < -0.4 is 0 Å². The van der Waals surface area contributed by atoms with E-state index < -0.39 is 12.0 Å². The molecule has 7 heteroatoms. The molecule has 1 aliphatic heterocycles. The molecule has 0 fully saturated rings. The van der Waals surface area contributed by atoms with Crippen molar-refractivity contribution >= 4 is 10.9 Å². The number of hydrogen-bond acceptors (Lipinski definition) is 4. The Morgan fingerprint density at radius 1 is 1.08 bits per heavy atom. The predicted octanol–water partition coefficient (Wildman–Crippen LogP) is 3.60.